The van der Waals surface area contributed by atoms with E-state index in [1.807, 2.05) is 0 Å². The SMILES string of the molecule is CCOC(=O)C1CCN(C(=O)c2cccc(OC(F)F)c2)CC1. The number of rotatable bonds is 5. The van der Waals surface area contributed by atoms with Crippen LogP contribution in [0, 0.1) is 5.92 Å². The van der Waals surface area contributed by atoms with E-state index in [2.05, 4.69) is 4.74 Å². The third-order valence-electron chi connectivity index (χ3n) is 3.71. The molecule has 0 radical (unpaired) electrons. The lowest BCUT2D eigenvalue weighted by atomic mass is 9.96. The van der Waals surface area contributed by atoms with Gasteiger partial charge in [-0.05, 0) is 38.0 Å². The maximum atomic E-state index is 12.4. The minimum absolute atomic E-state index is 0.0488. The Balaban J connectivity index is 1.96. The van der Waals surface area contributed by atoms with Gasteiger partial charge in [-0.15, -0.1) is 0 Å². The van der Waals surface area contributed by atoms with Crippen molar-refractivity contribution in [3.05, 3.63) is 29.8 Å². The molecule has 1 fully saturated rings. The molecule has 0 spiro atoms. The van der Waals surface area contributed by atoms with Crippen LogP contribution in [0.5, 0.6) is 5.75 Å². The number of esters is 1. The maximum Gasteiger partial charge on any atom is 0.387 e. The molecular weight excluding hydrogens is 308 g/mol. The lowest BCUT2D eigenvalue weighted by molar-refractivity contribution is -0.149. The van der Waals surface area contributed by atoms with Gasteiger partial charge in [0.2, 0.25) is 0 Å². The number of ether oxygens (including phenoxy) is 2. The quantitative estimate of drug-likeness (QED) is 0.780. The van der Waals surface area contributed by atoms with Crippen molar-refractivity contribution in [2.24, 2.45) is 5.92 Å². The second-order valence-electron chi connectivity index (χ2n) is 5.22. The van der Waals surface area contributed by atoms with E-state index in [0.717, 1.165) is 0 Å². The number of nitrogens with zero attached hydrogens (tertiary/aromatic N) is 1. The Bertz CT molecular complexity index is 557. The number of benzene rings is 1. The first-order valence-corrected chi connectivity index (χ1v) is 7.52. The van der Waals surface area contributed by atoms with Gasteiger partial charge in [0.1, 0.15) is 5.75 Å². The first kappa shape index (κ1) is 17.2. The molecule has 5 nitrogen and oxygen atoms in total. The molecule has 0 saturated carbocycles. The summed E-state index contributed by atoms with van der Waals surface area (Å²) >= 11 is 0. The summed E-state index contributed by atoms with van der Waals surface area (Å²) in [7, 11) is 0. The topological polar surface area (TPSA) is 55.8 Å². The van der Waals surface area contributed by atoms with E-state index in [-0.39, 0.29) is 29.1 Å². The number of halogens is 2. The number of hydrogen-bond acceptors (Lipinski definition) is 4. The van der Waals surface area contributed by atoms with Crippen molar-refractivity contribution in [2.75, 3.05) is 19.7 Å². The van der Waals surface area contributed by atoms with Crippen LogP contribution < -0.4 is 4.74 Å². The predicted molar refractivity (Wildman–Crippen MR) is 78.3 cm³/mol. The van der Waals surface area contributed by atoms with Crippen molar-refractivity contribution in [1.29, 1.82) is 0 Å². The van der Waals surface area contributed by atoms with E-state index >= 15 is 0 Å². The lowest BCUT2D eigenvalue weighted by Crippen LogP contribution is -2.40. The molecule has 0 aromatic heterocycles. The van der Waals surface area contributed by atoms with Gasteiger partial charge >= 0.3 is 12.6 Å². The molecule has 0 bridgehead atoms. The average molecular weight is 327 g/mol. The second kappa shape index (κ2) is 7.89. The lowest BCUT2D eigenvalue weighted by Gasteiger charge is -2.31. The molecule has 1 aromatic carbocycles. The van der Waals surface area contributed by atoms with Crippen LogP contribution in [0.3, 0.4) is 0 Å². The molecule has 1 heterocycles. The molecule has 7 heteroatoms. The monoisotopic (exact) mass is 327 g/mol. The van der Waals surface area contributed by atoms with E-state index < -0.39 is 6.61 Å². The molecule has 2 rings (SSSR count). The van der Waals surface area contributed by atoms with Gasteiger partial charge in [-0.1, -0.05) is 6.07 Å². The molecule has 1 aliphatic heterocycles. The largest absolute Gasteiger partial charge is 0.466 e. The summed E-state index contributed by atoms with van der Waals surface area (Å²) in [5, 5.41) is 0. The van der Waals surface area contributed by atoms with Crippen LogP contribution in [0.1, 0.15) is 30.1 Å². The van der Waals surface area contributed by atoms with Crippen molar-refractivity contribution in [3.63, 3.8) is 0 Å². The van der Waals surface area contributed by atoms with Gasteiger partial charge in [-0.3, -0.25) is 9.59 Å². The zero-order valence-electron chi connectivity index (χ0n) is 12.8. The molecule has 1 aliphatic rings. The third kappa shape index (κ3) is 4.64. The van der Waals surface area contributed by atoms with E-state index in [0.29, 0.717) is 32.5 Å². The van der Waals surface area contributed by atoms with Crippen molar-refractivity contribution >= 4 is 11.9 Å². The molecule has 0 aliphatic carbocycles. The Hall–Kier alpha value is -2.18. The Kier molecular flexibility index (Phi) is 5.90. The molecule has 0 unspecified atom stereocenters. The van der Waals surface area contributed by atoms with Crippen LogP contribution in [0.4, 0.5) is 8.78 Å². The van der Waals surface area contributed by atoms with Crippen LogP contribution in [-0.4, -0.2) is 43.1 Å². The number of likely N-dealkylation sites (tertiary alicyclic amines) is 1. The summed E-state index contributed by atoms with van der Waals surface area (Å²) in [5.74, 6) is -0.723. The van der Waals surface area contributed by atoms with E-state index in [1.165, 1.54) is 18.2 Å². The summed E-state index contributed by atoms with van der Waals surface area (Å²) in [6, 6.07) is 5.72. The first-order chi connectivity index (χ1) is 11.0. The van der Waals surface area contributed by atoms with Crippen molar-refractivity contribution in [3.8, 4) is 5.75 Å². The highest BCUT2D eigenvalue weighted by atomic mass is 19.3. The smallest absolute Gasteiger partial charge is 0.387 e. The highest BCUT2D eigenvalue weighted by molar-refractivity contribution is 5.94. The molecule has 0 N–H and O–H groups in total. The van der Waals surface area contributed by atoms with Crippen molar-refractivity contribution < 1.29 is 27.8 Å². The Labute approximate surface area is 133 Å². The van der Waals surface area contributed by atoms with Crippen LogP contribution in [0.2, 0.25) is 0 Å². The summed E-state index contributed by atoms with van der Waals surface area (Å²) < 4.78 is 33.7. The number of carbonyl (C=O) groups is 2. The van der Waals surface area contributed by atoms with Crippen LogP contribution in [0.25, 0.3) is 0 Å². The molecule has 23 heavy (non-hydrogen) atoms. The zero-order valence-corrected chi connectivity index (χ0v) is 12.8. The number of hydrogen-bond donors (Lipinski definition) is 0. The third-order valence-corrected chi connectivity index (χ3v) is 3.71. The standard InChI is InChI=1S/C16H19F2NO4/c1-2-22-15(21)11-6-8-19(9-7-11)14(20)12-4-3-5-13(10-12)23-16(17)18/h3-5,10-11,16H,2,6-9H2,1H3. The molecule has 126 valence electrons. The van der Waals surface area contributed by atoms with Gasteiger partial charge in [0.05, 0.1) is 12.5 Å². The first-order valence-electron chi connectivity index (χ1n) is 7.52. The summed E-state index contributed by atoms with van der Waals surface area (Å²) in [6.45, 7) is 0.0328. The molecule has 1 amide bonds. The van der Waals surface area contributed by atoms with Crippen molar-refractivity contribution in [1.82, 2.24) is 4.90 Å². The highest BCUT2D eigenvalue weighted by Crippen LogP contribution is 2.22. The van der Waals surface area contributed by atoms with Gasteiger partial charge in [-0.2, -0.15) is 8.78 Å². The summed E-state index contributed by atoms with van der Waals surface area (Å²) in [6.07, 6.45) is 1.08. The molecule has 1 saturated heterocycles. The second-order valence-corrected chi connectivity index (χ2v) is 5.22. The zero-order chi connectivity index (χ0) is 16.8. The molecular formula is C16H19F2NO4. The van der Waals surface area contributed by atoms with Gasteiger partial charge < -0.3 is 14.4 Å². The van der Waals surface area contributed by atoms with Crippen LogP contribution in [-0.2, 0) is 9.53 Å². The number of piperidine rings is 1. The fourth-order valence-corrected chi connectivity index (χ4v) is 2.57. The summed E-state index contributed by atoms with van der Waals surface area (Å²) in [4.78, 5) is 25.7. The number of alkyl halides is 2. The van der Waals surface area contributed by atoms with Gasteiger partial charge in [0.25, 0.3) is 5.91 Å². The minimum Gasteiger partial charge on any atom is -0.466 e. The van der Waals surface area contributed by atoms with E-state index in [9.17, 15) is 18.4 Å². The minimum atomic E-state index is -2.93. The highest BCUT2D eigenvalue weighted by Gasteiger charge is 2.28. The fourth-order valence-electron chi connectivity index (χ4n) is 2.57. The maximum absolute atomic E-state index is 12.4. The van der Waals surface area contributed by atoms with Crippen molar-refractivity contribution in [2.45, 2.75) is 26.4 Å². The van der Waals surface area contributed by atoms with Crippen LogP contribution >= 0.6 is 0 Å². The normalized spacial score (nSPS) is 15.6. The van der Waals surface area contributed by atoms with Crippen LogP contribution in [0.15, 0.2) is 24.3 Å². The van der Waals surface area contributed by atoms with Gasteiger partial charge in [0.15, 0.2) is 0 Å². The van der Waals surface area contributed by atoms with E-state index in [1.54, 1.807) is 17.9 Å². The average Bonchev–Trinajstić information content (AvgIpc) is 2.54. The Morgan fingerprint density at radius 3 is 2.61 bits per heavy atom. The van der Waals surface area contributed by atoms with E-state index in [4.69, 9.17) is 4.74 Å². The predicted octanol–water partition coefficient (Wildman–Crippen LogP) is 2.70. The fraction of sp³-hybridized carbons (Fsp3) is 0.500. The number of amides is 1. The van der Waals surface area contributed by atoms with Gasteiger partial charge in [-0.25, -0.2) is 0 Å². The summed E-state index contributed by atoms with van der Waals surface area (Å²) in [5.41, 5.74) is 0.290. The Morgan fingerprint density at radius 1 is 1.30 bits per heavy atom. The molecule has 0 atom stereocenters. The van der Waals surface area contributed by atoms with Gasteiger partial charge in [0, 0.05) is 18.7 Å². The Morgan fingerprint density at radius 2 is 2.00 bits per heavy atom. The number of carbonyl (C=O) groups excluding carboxylic acids is 2. The molecule has 1 aromatic rings.